The molecule has 0 saturated carbocycles. The Kier molecular flexibility index (Phi) is 4.32. The highest BCUT2D eigenvalue weighted by Crippen LogP contribution is 2.24. The molecule has 2 aromatic heterocycles. The van der Waals surface area contributed by atoms with Crippen molar-refractivity contribution < 1.29 is 14.0 Å². The van der Waals surface area contributed by atoms with Gasteiger partial charge in [-0.2, -0.15) is 0 Å². The minimum atomic E-state index is -0.317. The Morgan fingerprint density at radius 1 is 1.35 bits per heavy atom. The lowest BCUT2D eigenvalue weighted by molar-refractivity contribution is -0.134. The SMILES string of the molecule is C[C@@H]1c2cccn2CCN1C(=O)CNC(=O)/C=C/c1ccco1. The fourth-order valence-corrected chi connectivity index (χ4v) is 2.79. The van der Waals surface area contributed by atoms with E-state index in [0.29, 0.717) is 12.3 Å². The third kappa shape index (κ3) is 3.36. The zero-order valence-corrected chi connectivity index (χ0v) is 12.9. The molecular weight excluding hydrogens is 294 g/mol. The largest absolute Gasteiger partial charge is 0.465 e. The summed E-state index contributed by atoms with van der Waals surface area (Å²) in [5, 5.41) is 2.62. The van der Waals surface area contributed by atoms with Crippen molar-refractivity contribution in [3.05, 3.63) is 54.3 Å². The van der Waals surface area contributed by atoms with Crippen molar-refractivity contribution in [1.82, 2.24) is 14.8 Å². The Balaban J connectivity index is 1.53. The first-order valence-electron chi connectivity index (χ1n) is 7.59. The highest BCUT2D eigenvalue weighted by Gasteiger charge is 2.27. The van der Waals surface area contributed by atoms with Gasteiger partial charge in [0, 0.05) is 31.1 Å². The zero-order valence-electron chi connectivity index (χ0n) is 12.9. The molecule has 6 nitrogen and oxygen atoms in total. The van der Waals surface area contributed by atoms with Gasteiger partial charge in [-0.25, -0.2) is 0 Å². The highest BCUT2D eigenvalue weighted by atomic mass is 16.3. The number of amides is 2. The first kappa shape index (κ1) is 15.1. The van der Waals surface area contributed by atoms with Gasteiger partial charge in [0.15, 0.2) is 0 Å². The van der Waals surface area contributed by atoms with Gasteiger partial charge in [0.1, 0.15) is 5.76 Å². The molecule has 120 valence electrons. The molecule has 2 aromatic rings. The summed E-state index contributed by atoms with van der Waals surface area (Å²) in [6.07, 6.45) is 6.48. The maximum Gasteiger partial charge on any atom is 0.244 e. The summed E-state index contributed by atoms with van der Waals surface area (Å²) in [6, 6.07) is 7.52. The van der Waals surface area contributed by atoms with Gasteiger partial charge in [0.05, 0.1) is 18.8 Å². The van der Waals surface area contributed by atoms with E-state index in [1.54, 1.807) is 23.1 Å². The Labute approximate surface area is 134 Å². The van der Waals surface area contributed by atoms with E-state index >= 15 is 0 Å². The first-order chi connectivity index (χ1) is 11.1. The van der Waals surface area contributed by atoms with Crippen LogP contribution in [0.15, 0.2) is 47.2 Å². The van der Waals surface area contributed by atoms with Crippen molar-refractivity contribution in [1.29, 1.82) is 0 Å². The van der Waals surface area contributed by atoms with E-state index in [2.05, 4.69) is 9.88 Å². The van der Waals surface area contributed by atoms with Crippen LogP contribution in [0, 0.1) is 0 Å². The first-order valence-corrected chi connectivity index (χ1v) is 7.59. The molecule has 6 heteroatoms. The second kappa shape index (κ2) is 6.56. The van der Waals surface area contributed by atoms with E-state index in [0.717, 1.165) is 12.2 Å². The quantitative estimate of drug-likeness (QED) is 0.876. The summed E-state index contributed by atoms with van der Waals surface area (Å²) < 4.78 is 7.25. The maximum absolute atomic E-state index is 12.3. The number of aromatic nitrogens is 1. The summed E-state index contributed by atoms with van der Waals surface area (Å²) in [5.41, 5.74) is 1.12. The lowest BCUT2D eigenvalue weighted by Crippen LogP contribution is -2.45. The molecule has 0 saturated heterocycles. The molecule has 0 aliphatic carbocycles. The van der Waals surface area contributed by atoms with Crippen LogP contribution < -0.4 is 5.32 Å². The Morgan fingerprint density at radius 2 is 2.22 bits per heavy atom. The maximum atomic E-state index is 12.3. The van der Waals surface area contributed by atoms with Crippen LogP contribution in [0.25, 0.3) is 6.08 Å². The number of fused-ring (bicyclic) bond motifs is 1. The molecule has 0 spiro atoms. The molecule has 1 N–H and O–H groups in total. The monoisotopic (exact) mass is 313 g/mol. The average Bonchev–Trinajstić information content (AvgIpc) is 3.22. The Morgan fingerprint density at radius 3 is 3.00 bits per heavy atom. The molecule has 3 heterocycles. The lowest BCUT2D eigenvalue weighted by atomic mass is 10.1. The van der Waals surface area contributed by atoms with Gasteiger partial charge in [-0.3, -0.25) is 9.59 Å². The van der Waals surface area contributed by atoms with Crippen molar-refractivity contribution in [2.75, 3.05) is 13.1 Å². The highest BCUT2D eigenvalue weighted by molar-refractivity contribution is 5.94. The molecular formula is C17H19N3O3. The average molecular weight is 313 g/mol. The minimum absolute atomic E-state index is 0.00756. The van der Waals surface area contributed by atoms with Crippen LogP contribution in [0.2, 0.25) is 0 Å². The number of hydrogen-bond acceptors (Lipinski definition) is 3. The summed E-state index contributed by atoms with van der Waals surface area (Å²) in [4.78, 5) is 25.9. The molecule has 1 aliphatic rings. The summed E-state index contributed by atoms with van der Waals surface area (Å²) in [6.45, 7) is 3.43. The Bertz CT molecular complexity index is 715. The number of rotatable bonds is 4. The smallest absolute Gasteiger partial charge is 0.244 e. The van der Waals surface area contributed by atoms with Gasteiger partial charge in [0.2, 0.25) is 11.8 Å². The second-order valence-corrected chi connectivity index (χ2v) is 5.46. The third-order valence-corrected chi connectivity index (χ3v) is 4.02. The van der Waals surface area contributed by atoms with E-state index in [4.69, 9.17) is 4.42 Å². The number of carbonyl (C=O) groups excluding carboxylic acids is 2. The van der Waals surface area contributed by atoms with Crippen LogP contribution in [0.5, 0.6) is 0 Å². The third-order valence-electron chi connectivity index (χ3n) is 4.02. The van der Waals surface area contributed by atoms with Gasteiger partial charge in [-0.15, -0.1) is 0 Å². The summed E-state index contributed by atoms with van der Waals surface area (Å²) >= 11 is 0. The van der Waals surface area contributed by atoms with Gasteiger partial charge in [-0.05, 0) is 37.3 Å². The predicted molar refractivity (Wildman–Crippen MR) is 85.3 cm³/mol. The van der Waals surface area contributed by atoms with Gasteiger partial charge in [-0.1, -0.05) is 0 Å². The number of hydrogen-bond donors (Lipinski definition) is 1. The van der Waals surface area contributed by atoms with Crippen molar-refractivity contribution in [2.45, 2.75) is 19.5 Å². The van der Waals surface area contributed by atoms with Crippen molar-refractivity contribution in [3.63, 3.8) is 0 Å². The van der Waals surface area contributed by atoms with Crippen molar-refractivity contribution >= 4 is 17.9 Å². The van der Waals surface area contributed by atoms with Crippen molar-refractivity contribution in [3.8, 4) is 0 Å². The van der Waals surface area contributed by atoms with Crippen LogP contribution in [-0.4, -0.2) is 34.4 Å². The lowest BCUT2D eigenvalue weighted by Gasteiger charge is -2.35. The molecule has 1 atom stereocenters. The van der Waals surface area contributed by atoms with Crippen LogP contribution in [0.4, 0.5) is 0 Å². The molecule has 0 radical (unpaired) electrons. The van der Waals surface area contributed by atoms with Gasteiger partial charge < -0.3 is 19.2 Å². The number of nitrogens with one attached hydrogen (secondary N) is 1. The molecule has 0 aromatic carbocycles. The van der Waals surface area contributed by atoms with E-state index in [-0.39, 0.29) is 24.4 Å². The zero-order chi connectivity index (χ0) is 16.2. The molecule has 0 unspecified atom stereocenters. The van der Waals surface area contributed by atoms with E-state index in [9.17, 15) is 9.59 Å². The predicted octanol–water partition coefficient (Wildman–Crippen LogP) is 1.81. The molecule has 3 rings (SSSR count). The Hall–Kier alpha value is -2.76. The minimum Gasteiger partial charge on any atom is -0.465 e. The fourth-order valence-electron chi connectivity index (χ4n) is 2.79. The molecule has 23 heavy (non-hydrogen) atoms. The van der Waals surface area contributed by atoms with Crippen LogP contribution in [-0.2, 0) is 16.1 Å². The van der Waals surface area contributed by atoms with Crippen molar-refractivity contribution in [2.24, 2.45) is 0 Å². The molecule has 2 amide bonds. The number of nitrogens with zero attached hydrogens (tertiary/aromatic N) is 2. The molecule has 1 aliphatic heterocycles. The molecule has 0 fully saturated rings. The summed E-state index contributed by atoms with van der Waals surface area (Å²) in [5.74, 6) is 0.198. The fraction of sp³-hybridized carbons (Fsp3) is 0.294. The van der Waals surface area contributed by atoms with Crippen LogP contribution in [0.3, 0.4) is 0 Å². The summed E-state index contributed by atoms with van der Waals surface area (Å²) in [7, 11) is 0. The van der Waals surface area contributed by atoms with E-state index < -0.39 is 0 Å². The standard InChI is InChI=1S/C17H19N3O3/c1-13-15-5-2-8-19(15)9-10-20(13)17(22)12-18-16(21)7-6-14-4-3-11-23-14/h2-8,11,13H,9-10,12H2,1H3,(H,18,21)/b7-6+/t13-/m1/s1. The topological polar surface area (TPSA) is 67.5 Å². The number of carbonyl (C=O) groups is 2. The van der Waals surface area contributed by atoms with Crippen LogP contribution in [0.1, 0.15) is 24.4 Å². The van der Waals surface area contributed by atoms with Gasteiger partial charge >= 0.3 is 0 Å². The van der Waals surface area contributed by atoms with E-state index in [1.807, 2.05) is 25.3 Å². The normalized spacial score (nSPS) is 17.3. The van der Waals surface area contributed by atoms with Crippen LogP contribution >= 0.6 is 0 Å². The molecule has 0 bridgehead atoms. The van der Waals surface area contributed by atoms with Gasteiger partial charge in [0.25, 0.3) is 0 Å². The second-order valence-electron chi connectivity index (χ2n) is 5.46. The van der Waals surface area contributed by atoms with E-state index in [1.165, 1.54) is 12.3 Å². The number of furan rings is 1.